The Balaban J connectivity index is 2.40. The van der Waals surface area contributed by atoms with Crippen molar-refractivity contribution in [1.82, 2.24) is 0 Å². The van der Waals surface area contributed by atoms with Gasteiger partial charge in [-0.25, -0.2) is 0 Å². The SMILES string of the molecule is CCC(=O)C1CCCC(CC)CC1. The van der Waals surface area contributed by atoms with Gasteiger partial charge >= 0.3 is 0 Å². The molecule has 0 radical (unpaired) electrons. The molecule has 13 heavy (non-hydrogen) atoms. The van der Waals surface area contributed by atoms with Crippen LogP contribution in [0.15, 0.2) is 0 Å². The number of Topliss-reactive ketones (excluding diaryl/α,β-unsaturated/α-hetero) is 1. The second kappa shape index (κ2) is 5.41. The lowest BCUT2D eigenvalue weighted by atomic mass is 9.93. The summed E-state index contributed by atoms with van der Waals surface area (Å²) in [5.74, 6) is 1.80. The standard InChI is InChI=1S/C12H22O/c1-3-10-6-5-7-11(9-8-10)12(13)4-2/h10-11H,3-9H2,1-2H3. The van der Waals surface area contributed by atoms with Crippen molar-refractivity contribution in [2.24, 2.45) is 11.8 Å². The van der Waals surface area contributed by atoms with Gasteiger partial charge in [0.15, 0.2) is 0 Å². The minimum atomic E-state index is 0.404. The highest BCUT2D eigenvalue weighted by Crippen LogP contribution is 2.29. The molecule has 1 rings (SSSR count). The lowest BCUT2D eigenvalue weighted by molar-refractivity contribution is -0.122. The Kier molecular flexibility index (Phi) is 4.47. The number of ketones is 1. The maximum atomic E-state index is 11.5. The van der Waals surface area contributed by atoms with Crippen LogP contribution in [0.2, 0.25) is 0 Å². The fourth-order valence-electron chi connectivity index (χ4n) is 2.40. The lowest BCUT2D eigenvalue weighted by Crippen LogP contribution is -2.12. The summed E-state index contributed by atoms with van der Waals surface area (Å²) < 4.78 is 0. The molecule has 76 valence electrons. The van der Waals surface area contributed by atoms with Gasteiger partial charge in [0.25, 0.3) is 0 Å². The summed E-state index contributed by atoms with van der Waals surface area (Å²) in [6.07, 6.45) is 8.26. The van der Waals surface area contributed by atoms with Gasteiger partial charge in [0.1, 0.15) is 5.78 Å². The van der Waals surface area contributed by atoms with Gasteiger partial charge in [-0.15, -0.1) is 0 Å². The fraction of sp³-hybridized carbons (Fsp3) is 0.917. The molecule has 0 bridgehead atoms. The van der Waals surface area contributed by atoms with Crippen LogP contribution in [0.5, 0.6) is 0 Å². The first-order valence-electron chi connectivity index (χ1n) is 5.80. The monoisotopic (exact) mass is 182 g/mol. The molecule has 0 aromatic carbocycles. The van der Waals surface area contributed by atoms with Crippen LogP contribution in [0.3, 0.4) is 0 Å². The molecule has 1 fully saturated rings. The summed E-state index contributed by atoms with van der Waals surface area (Å²) in [6.45, 7) is 4.26. The van der Waals surface area contributed by atoms with E-state index in [-0.39, 0.29) is 0 Å². The van der Waals surface area contributed by atoms with Crippen molar-refractivity contribution < 1.29 is 4.79 Å². The quantitative estimate of drug-likeness (QED) is 0.610. The summed E-state index contributed by atoms with van der Waals surface area (Å²) in [5, 5.41) is 0. The first-order chi connectivity index (χ1) is 6.27. The van der Waals surface area contributed by atoms with E-state index in [1.807, 2.05) is 6.92 Å². The Morgan fingerprint density at radius 1 is 1.15 bits per heavy atom. The molecular formula is C12H22O. The van der Waals surface area contributed by atoms with E-state index in [0.29, 0.717) is 11.7 Å². The number of hydrogen-bond acceptors (Lipinski definition) is 1. The van der Waals surface area contributed by atoms with Gasteiger partial charge in [-0.2, -0.15) is 0 Å². The predicted octanol–water partition coefficient (Wildman–Crippen LogP) is 3.57. The Labute approximate surface area is 81.9 Å². The smallest absolute Gasteiger partial charge is 0.135 e. The molecule has 0 saturated heterocycles. The number of rotatable bonds is 3. The van der Waals surface area contributed by atoms with E-state index >= 15 is 0 Å². The van der Waals surface area contributed by atoms with Crippen LogP contribution in [0.25, 0.3) is 0 Å². The van der Waals surface area contributed by atoms with Crippen molar-refractivity contribution in [3.8, 4) is 0 Å². The Morgan fingerprint density at radius 3 is 2.54 bits per heavy atom. The Hall–Kier alpha value is -0.330. The summed E-state index contributed by atoms with van der Waals surface area (Å²) >= 11 is 0. The maximum absolute atomic E-state index is 11.5. The first kappa shape index (κ1) is 10.7. The van der Waals surface area contributed by atoms with Gasteiger partial charge in [0.05, 0.1) is 0 Å². The molecule has 0 N–H and O–H groups in total. The molecule has 0 aromatic rings. The summed E-state index contributed by atoms with van der Waals surface area (Å²) in [6, 6.07) is 0. The van der Waals surface area contributed by atoms with Gasteiger partial charge in [0, 0.05) is 12.3 Å². The molecule has 1 saturated carbocycles. The molecule has 2 atom stereocenters. The van der Waals surface area contributed by atoms with Crippen LogP contribution in [-0.4, -0.2) is 5.78 Å². The zero-order valence-electron chi connectivity index (χ0n) is 9.01. The molecule has 1 aliphatic carbocycles. The van der Waals surface area contributed by atoms with Gasteiger partial charge in [0.2, 0.25) is 0 Å². The highest BCUT2D eigenvalue weighted by atomic mass is 16.1. The molecule has 1 heteroatoms. The minimum absolute atomic E-state index is 0.404. The van der Waals surface area contributed by atoms with Crippen LogP contribution < -0.4 is 0 Å². The van der Waals surface area contributed by atoms with Crippen LogP contribution in [0.4, 0.5) is 0 Å². The molecular weight excluding hydrogens is 160 g/mol. The second-order valence-electron chi connectivity index (χ2n) is 4.30. The number of carbonyl (C=O) groups excluding carboxylic acids is 1. The fourth-order valence-corrected chi connectivity index (χ4v) is 2.40. The third-order valence-electron chi connectivity index (χ3n) is 3.47. The summed E-state index contributed by atoms with van der Waals surface area (Å²) in [7, 11) is 0. The van der Waals surface area contributed by atoms with Gasteiger partial charge in [-0.05, 0) is 25.2 Å². The van der Waals surface area contributed by atoms with Crippen LogP contribution in [-0.2, 0) is 4.79 Å². The minimum Gasteiger partial charge on any atom is -0.299 e. The van der Waals surface area contributed by atoms with Crippen LogP contribution in [0, 0.1) is 11.8 Å². The topological polar surface area (TPSA) is 17.1 Å². The molecule has 0 heterocycles. The van der Waals surface area contributed by atoms with E-state index in [2.05, 4.69) is 6.92 Å². The van der Waals surface area contributed by atoms with Gasteiger partial charge in [-0.3, -0.25) is 4.79 Å². The second-order valence-corrected chi connectivity index (χ2v) is 4.30. The molecule has 2 unspecified atom stereocenters. The zero-order valence-corrected chi connectivity index (χ0v) is 9.01. The molecule has 0 amide bonds. The highest BCUT2D eigenvalue weighted by molar-refractivity contribution is 5.80. The maximum Gasteiger partial charge on any atom is 0.135 e. The average molecular weight is 182 g/mol. The van der Waals surface area contributed by atoms with Crippen molar-refractivity contribution in [3.05, 3.63) is 0 Å². The van der Waals surface area contributed by atoms with Crippen molar-refractivity contribution in [2.45, 2.75) is 58.8 Å². The van der Waals surface area contributed by atoms with Crippen molar-refractivity contribution in [1.29, 1.82) is 0 Å². The van der Waals surface area contributed by atoms with Gasteiger partial charge < -0.3 is 0 Å². The normalized spacial score (nSPS) is 29.7. The van der Waals surface area contributed by atoms with E-state index in [4.69, 9.17) is 0 Å². The molecule has 0 aliphatic heterocycles. The Morgan fingerprint density at radius 2 is 1.92 bits per heavy atom. The third kappa shape index (κ3) is 3.13. The van der Waals surface area contributed by atoms with Crippen molar-refractivity contribution >= 4 is 5.78 Å². The third-order valence-corrected chi connectivity index (χ3v) is 3.47. The molecule has 1 aliphatic rings. The average Bonchev–Trinajstić information content (AvgIpc) is 2.41. The largest absolute Gasteiger partial charge is 0.299 e. The molecule has 1 nitrogen and oxygen atoms in total. The molecule has 0 spiro atoms. The molecule has 0 aromatic heterocycles. The van der Waals surface area contributed by atoms with E-state index in [0.717, 1.165) is 25.2 Å². The summed E-state index contributed by atoms with van der Waals surface area (Å²) in [5.41, 5.74) is 0. The van der Waals surface area contributed by atoms with Crippen LogP contribution >= 0.6 is 0 Å². The predicted molar refractivity (Wildman–Crippen MR) is 55.7 cm³/mol. The summed E-state index contributed by atoms with van der Waals surface area (Å²) in [4.78, 5) is 11.5. The lowest BCUT2D eigenvalue weighted by Gasteiger charge is -2.11. The van der Waals surface area contributed by atoms with Gasteiger partial charge in [-0.1, -0.05) is 33.1 Å². The van der Waals surface area contributed by atoms with E-state index in [9.17, 15) is 4.79 Å². The Bertz CT molecular complexity index is 163. The highest BCUT2D eigenvalue weighted by Gasteiger charge is 2.21. The van der Waals surface area contributed by atoms with E-state index in [1.165, 1.54) is 25.7 Å². The van der Waals surface area contributed by atoms with Crippen LogP contribution in [0.1, 0.15) is 58.8 Å². The van der Waals surface area contributed by atoms with Crippen molar-refractivity contribution in [3.63, 3.8) is 0 Å². The number of carbonyl (C=O) groups is 1. The first-order valence-corrected chi connectivity index (χ1v) is 5.80. The number of hydrogen-bond donors (Lipinski definition) is 0. The zero-order chi connectivity index (χ0) is 9.68. The van der Waals surface area contributed by atoms with Crippen molar-refractivity contribution in [2.75, 3.05) is 0 Å². The van der Waals surface area contributed by atoms with E-state index < -0.39 is 0 Å². The van der Waals surface area contributed by atoms with E-state index in [1.54, 1.807) is 0 Å².